The summed E-state index contributed by atoms with van der Waals surface area (Å²) in [5.74, 6) is -2.04. The third-order valence-corrected chi connectivity index (χ3v) is 3.40. The maximum atomic E-state index is 12.6. The summed E-state index contributed by atoms with van der Waals surface area (Å²) in [5, 5.41) is 14.3. The highest BCUT2D eigenvalue weighted by Gasteiger charge is 2.42. The van der Waals surface area contributed by atoms with Crippen LogP contribution in [0.2, 0.25) is 0 Å². The molecule has 0 aromatic heterocycles. The molecule has 0 unspecified atom stereocenters. The number of carbonyl (C=O) groups excluding carboxylic acids is 4. The number of imide groups is 1. The van der Waals surface area contributed by atoms with Crippen LogP contribution in [0.3, 0.4) is 0 Å². The summed E-state index contributed by atoms with van der Waals surface area (Å²) in [6.07, 6.45) is 0. The van der Waals surface area contributed by atoms with Gasteiger partial charge in [0.25, 0.3) is 11.8 Å². The van der Waals surface area contributed by atoms with Crippen molar-refractivity contribution in [1.82, 2.24) is 4.90 Å². The van der Waals surface area contributed by atoms with Crippen molar-refractivity contribution in [2.45, 2.75) is 26.8 Å². The SMILES string of the molecule is CC(=O)Nc1ccc(NC(C)=O)c2c1C(=O)N([C@@H](C)CO)C2=O. The first-order chi connectivity index (χ1) is 10.8. The number of fused-ring (bicyclic) bond motifs is 1. The number of carbonyl (C=O) groups is 4. The molecule has 1 heterocycles. The Morgan fingerprint density at radius 2 is 1.43 bits per heavy atom. The van der Waals surface area contributed by atoms with E-state index in [-0.39, 0.29) is 22.5 Å². The summed E-state index contributed by atoms with van der Waals surface area (Å²) in [4.78, 5) is 48.7. The van der Waals surface area contributed by atoms with E-state index in [4.69, 9.17) is 0 Å². The molecule has 0 saturated carbocycles. The van der Waals surface area contributed by atoms with Crippen LogP contribution in [0.5, 0.6) is 0 Å². The number of hydrogen-bond acceptors (Lipinski definition) is 5. The monoisotopic (exact) mass is 319 g/mol. The van der Waals surface area contributed by atoms with Crippen LogP contribution in [-0.2, 0) is 9.59 Å². The van der Waals surface area contributed by atoms with Gasteiger partial charge in [-0.1, -0.05) is 0 Å². The second-order valence-corrected chi connectivity index (χ2v) is 5.28. The number of nitrogens with zero attached hydrogens (tertiary/aromatic N) is 1. The molecule has 0 saturated heterocycles. The lowest BCUT2D eigenvalue weighted by Crippen LogP contribution is -2.40. The molecule has 2 rings (SSSR count). The minimum Gasteiger partial charge on any atom is -0.394 e. The summed E-state index contributed by atoms with van der Waals surface area (Å²) >= 11 is 0. The lowest BCUT2D eigenvalue weighted by atomic mass is 10.0. The highest BCUT2D eigenvalue weighted by Crippen LogP contribution is 2.35. The van der Waals surface area contributed by atoms with E-state index >= 15 is 0 Å². The molecule has 23 heavy (non-hydrogen) atoms. The molecule has 122 valence electrons. The topological polar surface area (TPSA) is 116 Å². The molecule has 1 atom stereocenters. The number of benzene rings is 1. The number of anilines is 2. The lowest BCUT2D eigenvalue weighted by molar-refractivity contribution is -0.115. The molecule has 0 radical (unpaired) electrons. The van der Waals surface area contributed by atoms with Crippen molar-refractivity contribution < 1.29 is 24.3 Å². The van der Waals surface area contributed by atoms with Crippen molar-refractivity contribution in [1.29, 1.82) is 0 Å². The fourth-order valence-corrected chi connectivity index (χ4v) is 2.45. The first-order valence-electron chi connectivity index (χ1n) is 6.98. The van der Waals surface area contributed by atoms with E-state index in [1.807, 2.05) is 0 Å². The van der Waals surface area contributed by atoms with Crippen molar-refractivity contribution in [3.05, 3.63) is 23.3 Å². The van der Waals surface area contributed by atoms with Crippen LogP contribution >= 0.6 is 0 Å². The largest absolute Gasteiger partial charge is 0.394 e. The van der Waals surface area contributed by atoms with Crippen molar-refractivity contribution in [2.75, 3.05) is 17.2 Å². The van der Waals surface area contributed by atoms with Gasteiger partial charge in [-0.05, 0) is 19.1 Å². The van der Waals surface area contributed by atoms with Gasteiger partial charge in [0.2, 0.25) is 11.8 Å². The molecule has 3 N–H and O–H groups in total. The fraction of sp³-hybridized carbons (Fsp3) is 0.333. The van der Waals surface area contributed by atoms with E-state index in [1.54, 1.807) is 0 Å². The first-order valence-corrected chi connectivity index (χ1v) is 6.98. The Hall–Kier alpha value is -2.74. The quantitative estimate of drug-likeness (QED) is 0.702. The lowest BCUT2D eigenvalue weighted by Gasteiger charge is -2.20. The molecule has 1 aliphatic rings. The van der Waals surface area contributed by atoms with Gasteiger partial charge in [0.15, 0.2) is 0 Å². The third-order valence-electron chi connectivity index (χ3n) is 3.40. The molecular weight excluding hydrogens is 302 g/mol. The second kappa shape index (κ2) is 6.17. The van der Waals surface area contributed by atoms with Gasteiger partial charge in [0.1, 0.15) is 0 Å². The van der Waals surface area contributed by atoms with Crippen LogP contribution in [0.25, 0.3) is 0 Å². The van der Waals surface area contributed by atoms with Crippen LogP contribution < -0.4 is 10.6 Å². The minimum absolute atomic E-state index is 0.0109. The molecule has 0 fully saturated rings. The van der Waals surface area contributed by atoms with Gasteiger partial charge in [-0.25, -0.2) is 0 Å². The standard InChI is InChI=1S/C15H17N3O5/c1-7(6-19)18-14(22)12-10(16-8(2)20)4-5-11(17-9(3)21)13(12)15(18)23/h4-5,7,19H,6H2,1-3H3,(H,16,20)(H,17,21)/t7-/m0/s1. The zero-order chi connectivity index (χ0) is 17.3. The maximum absolute atomic E-state index is 12.6. The molecule has 1 aliphatic heterocycles. The van der Waals surface area contributed by atoms with Gasteiger partial charge >= 0.3 is 0 Å². The van der Waals surface area contributed by atoms with Crippen LogP contribution in [0, 0.1) is 0 Å². The number of aliphatic hydroxyl groups is 1. The molecular formula is C15H17N3O5. The number of rotatable bonds is 4. The average Bonchev–Trinajstić information content (AvgIpc) is 2.72. The number of nitrogens with one attached hydrogen (secondary N) is 2. The van der Waals surface area contributed by atoms with Crippen molar-refractivity contribution in [3.63, 3.8) is 0 Å². The highest BCUT2D eigenvalue weighted by atomic mass is 16.3. The van der Waals surface area contributed by atoms with Crippen LogP contribution in [0.4, 0.5) is 11.4 Å². The van der Waals surface area contributed by atoms with Crippen LogP contribution in [0.1, 0.15) is 41.5 Å². The summed E-state index contributed by atoms with van der Waals surface area (Å²) in [6, 6.07) is 2.17. The highest BCUT2D eigenvalue weighted by molar-refractivity contribution is 6.27. The Balaban J connectivity index is 2.63. The molecule has 8 heteroatoms. The summed E-state index contributed by atoms with van der Waals surface area (Å²) in [5.41, 5.74) is 0.397. The Kier molecular flexibility index (Phi) is 4.46. The van der Waals surface area contributed by atoms with Crippen molar-refractivity contribution >= 4 is 35.0 Å². The molecule has 1 aromatic rings. The minimum atomic E-state index is -0.724. The van der Waals surface area contributed by atoms with E-state index in [9.17, 15) is 24.3 Å². The first kappa shape index (κ1) is 16.6. The normalized spacial score (nSPS) is 14.5. The second-order valence-electron chi connectivity index (χ2n) is 5.28. The Bertz CT molecular complexity index is 658. The fourth-order valence-electron chi connectivity index (χ4n) is 2.45. The van der Waals surface area contributed by atoms with E-state index < -0.39 is 36.3 Å². The molecule has 0 bridgehead atoms. The average molecular weight is 319 g/mol. The van der Waals surface area contributed by atoms with Gasteiger partial charge in [-0.15, -0.1) is 0 Å². The molecule has 0 aliphatic carbocycles. The van der Waals surface area contributed by atoms with Crippen molar-refractivity contribution in [3.8, 4) is 0 Å². The summed E-state index contributed by atoms with van der Waals surface area (Å²) in [6.45, 7) is 3.70. The van der Waals surface area contributed by atoms with Gasteiger partial charge < -0.3 is 15.7 Å². The van der Waals surface area contributed by atoms with Gasteiger partial charge in [0.05, 0.1) is 35.2 Å². The van der Waals surface area contributed by atoms with Crippen LogP contribution in [-0.4, -0.2) is 46.3 Å². The summed E-state index contributed by atoms with van der Waals surface area (Å²) in [7, 11) is 0. The Morgan fingerprint density at radius 1 is 1.04 bits per heavy atom. The van der Waals surface area contributed by atoms with E-state index in [2.05, 4.69) is 10.6 Å². The van der Waals surface area contributed by atoms with E-state index in [0.29, 0.717) is 0 Å². The number of amides is 4. The zero-order valence-electron chi connectivity index (χ0n) is 13.0. The molecule has 1 aromatic carbocycles. The molecule has 0 spiro atoms. The predicted octanol–water partition coefficient (Wildman–Crippen LogP) is 0.580. The Morgan fingerprint density at radius 3 is 1.74 bits per heavy atom. The third kappa shape index (κ3) is 2.93. The zero-order valence-corrected chi connectivity index (χ0v) is 13.0. The number of aliphatic hydroxyl groups excluding tert-OH is 1. The maximum Gasteiger partial charge on any atom is 0.264 e. The van der Waals surface area contributed by atoms with Crippen molar-refractivity contribution in [2.24, 2.45) is 0 Å². The predicted molar refractivity (Wildman–Crippen MR) is 82.1 cm³/mol. The summed E-state index contributed by atoms with van der Waals surface area (Å²) < 4.78 is 0. The van der Waals surface area contributed by atoms with E-state index in [0.717, 1.165) is 4.90 Å². The van der Waals surface area contributed by atoms with E-state index in [1.165, 1.54) is 32.9 Å². The van der Waals surface area contributed by atoms with Gasteiger partial charge in [-0.2, -0.15) is 0 Å². The smallest absolute Gasteiger partial charge is 0.264 e. The number of hydrogen-bond donors (Lipinski definition) is 3. The van der Waals surface area contributed by atoms with Crippen LogP contribution in [0.15, 0.2) is 12.1 Å². The molecule has 8 nitrogen and oxygen atoms in total. The van der Waals surface area contributed by atoms with Gasteiger partial charge in [0, 0.05) is 13.8 Å². The Labute approximate surface area is 132 Å². The molecule has 4 amide bonds. The van der Waals surface area contributed by atoms with Gasteiger partial charge in [-0.3, -0.25) is 24.1 Å².